The van der Waals surface area contributed by atoms with Gasteiger partial charge in [0, 0.05) is 31.9 Å². The Hall–Kier alpha value is -2.43. The number of unbranched alkanes of at least 4 members (excludes halogenated alkanes) is 1. The Labute approximate surface area is 157 Å². The van der Waals surface area contributed by atoms with Crippen molar-refractivity contribution in [2.45, 2.75) is 53.1 Å². The normalized spacial score (nSPS) is 10.8. The molecule has 5 nitrogen and oxygen atoms in total. The van der Waals surface area contributed by atoms with Crippen LogP contribution in [-0.2, 0) is 6.54 Å². The van der Waals surface area contributed by atoms with Gasteiger partial charge in [-0.3, -0.25) is 4.79 Å². The molecule has 1 amide bonds. The minimum absolute atomic E-state index is 0.0476. The molecule has 1 heterocycles. The van der Waals surface area contributed by atoms with E-state index in [9.17, 15) is 4.79 Å². The number of aromatic nitrogens is 2. The van der Waals surface area contributed by atoms with Crippen molar-refractivity contribution in [3.63, 3.8) is 0 Å². The molecule has 140 valence electrons. The van der Waals surface area contributed by atoms with E-state index in [-0.39, 0.29) is 11.9 Å². The van der Waals surface area contributed by atoms with Crippen molar-refractivity contribution in [2.24, 2.45) is 0 Å². The molecule has 0 N–H and O–H groups in total. The molecule has 0 aliphatic heterocycles. The van der Waals surface area contributed by atoms with Crippen molar-refractivity contribution < 1.29 is 4.79 Å². The first-order valence-electron chi connectivity index (χ1n) is 9.34. The molecule has 2 rings (SSSR count). The van der Waals surface area contributed by atoms with Gasteiger partial charge in [0.05, 0.1) is 0 Å². The zero-order valence-corrected chi connectivity index (χ0v) is 16.6. The molecule has 0 saturated carbocycles. The van der Waals surface area contributed by atoms with Crippen LogP contribution in [0.3, 0.4) is 0 Å². The fraction of sp³-hybridized carbons (Fsp3) is 0.476. The van der Waals surface area contributed by atoms with Crippen LogP contribution >= 0.6 is 0 Å². The van der Waals surface area contributed by atoms with Gasteiger partial charge in [0.2, 0.25) is 5.95 Å². The molecule has 0 atom stereocenters. The third-order valence-electron chi connectivity index (χ3n) is 4.33. The standard InChI is InChI=1S/C21H30N4O/c1-6-7-13-24(5)20(26)19-14-17(4)22-21(23-19)25(16(2)3)15-18-11-9-8-10-12-18/h8-12,14,16H,6-7,13,15H2,1-5H3. The lowest BCUT2D eigenvalue weighted by molar-refractivity contribution is 0.0787. The lowest BCUT2D eigenvalue weighted by Gasteiger charge is -2.27. The van der Waals surface area contributed by atoms with Gasteiger partial charge in [0.1, 0.15) is 5.69 Å². The third-order valence-corrected chi connectivity index (χ3v) is 4.33. The van der Waals surface area contributed by atoms with E-state index in [1.54, 1.807) is 11.0 Å². The number of carbonyl (C=O) groups is 1. The first-order chi connectivity index (χ1) is 12.4. The van der Waals surface area contributed by atoms with Gasteiger partial charge >= 0.3 is 0 Å². The Morgan fingerprint density at radius 3 is 2.46 bits per heavy atom. The van der Waals surface area contributed by atoms with Crippen LogP contribution in [0.1, 0.15) is 55.4 Å². The summed E-state index contributed by atoms with van der Waals surface area (Å²) in [5, 5.41) is 0. The van der Waals surface area contributed by atoms with Crippen molar-refractivity contribution in [1.82, 2.24) is 14.9 Å². The van der Waals surface area contributed by atoms with Crippen LogP contribution < -0.4 is 4.90 Å². The average molecular weight is 354 g/mol. The predicted molar refractivity (Wildman–Crippen MR) is 106 cm³/mol. The Kier molecular flexibility index (Phi) is 7.13. The maximum Gasteiger partial charge on any atom is 0.272 e. The fourth-order valence-corrected chi connectivity index (χ4v) is 2.75. The van der Waals surface area contributed by atoms with E-state index < -0.39 is 0 Å². The second kappa shape index (κ2) is 9.32. The molecule has 5 heteroatoms. The van der Waals surface area contributed by atoms with Crippen LogP contribution in [0.2, 0.25) is 0 Å². The molecule has 26 heavy (non-hydrogen) atoms. The number of aryl methyl sites for hydroxylation is 1. The number of amides is 1. The van der Waals surface area contributed by atoms with Crippen LogP contribution in [0, 0.1) is 6.92 Å². The highest BCUT2D eigenvalue weighted by atomic mass is 16.2. The summed E-state index contributed by atoms with van der Waals surface area (Å²) in [6.07, 6.45) is 2.05. The van der Waals surface area contributed by atoms with Crippen molar-refractivity contribution >= 4 is 11.9 Å². The van der Waals surface area contributed by atoms with Crippen LogP contribution in [-0.4, -0.2) is 40.4 Å². The number of carbonyl (C=O) groups excluding carboxylic acids is 1. The van der Waals surface area contributed by atoms with Crippen LogP contribution in [0.4, 0.5) is 5.95 Å². The molecule has 0 aliphatic carbocycles. The lowest BCUT2D eigenvalue weighted by atomic mass is 10.2. The van der Waals surface area contributed by atoms with Gasteiger partial charge in [0.25, 0.3) is 5.91 Å². The first-order valence-corrected chi connectivity index (χ1v) is 9.34. The number of nitrogens with zero attached hydrogens (tertiary/aromatic N) is 4. The van der Waals surface area contributed by atoms with Gasteiger partial charge in [-0.15, -0.1) is 0 Å². The highest BCUT2D eigenvalue weighted by molar-refractivity contribution is 5.92. The molecule has 1 aromatic carbocycles. The molecular formula is C21H30N4O. The Bertz CT molecular complexity index is 715. The molecule has 1 aromatic heterocycles. The van der Waals surface area contributed by atoms with E-state index >= 15 is 0 Å². The Morgan fingerprint density at radius 2 is 1.85 bits per heavy atom. The second-order valence-corrected chi connectivity index (χ2v) is 6.98. The Morgan fingerprint density at radius 1 is 1.15 bits per heavy atom. The van der Waals surface area contributed by atoms with Crippen molar-refractivity contribution in [1.29, 1.82) is 0 Å². The van der Waals surface area contributed by atoms with Crippen molar-refractivity contribution in [2.75, 3.05) is 18.5 Å². The maximum absolute atomic E-state index is 12.7. The number of benzene rings is 1. The SMILES string of the molecule is CCCCN(C)C(=O)c1cc(C)nc(N(Cc2ccccc2)C(C)C)n1. The summed E-state index contributed by atoms with van der Waals surface area (Å²) in [5.41, 5.74) is 2.46. The van der Waals surface area contributed by atoms with Gasteiger partial charge in [-0.2, -0.15) is 0 Å². The summed E-state index contributed by atoms with van der Waals surface area (Å²) in [4.78, 5) is 25.8. The first kappa shape index (κ1) is 19.9. The molecule has 0 spiro atoms. The lowest BCUT2D eigenvalue weighted by Crippen LogP contribution is -2.33. The van der Waals surface area contributed by atoms with Crippen molar-refractivity contribution in [3.8, 4) is 0 Å². The Balaban J connectivity index is 2.29. The molecule has 2 aromatic rings. The predicted octanol–water partition coefficient (Wildman–Crippen LogP) is 4.07. The van der Waals surface area contributed by atoms with E-state index in [1.165, 1.54) is 5.56 Å². The molecule has 0 fully saturated rings. The van der Waals surface area contributed by atoms with E-state index in [0.29, 0.717) is 18.2 Å². The number of rotatable bonds is 8. The van der Waals surface area contributed by atoms with Gasteiger partial charge in [-0.1, -0.05) is 43.7 Å². The highest BCUT2D eigenvalue weighted by Crippen LogP contribution is 2.18. The minimum Gasteiger partial charge on any atom is -0.340 e. The topological polar surface area (TPSA) is 49.3 Å². The molecule has 0 unspecified atom stereocenters. The van der Waals surface area contributed by atoms with Crippen molar-refractivity contribution in [3.05, 3.63) is 53.3 Å². The highest BCUT2D eigenvalue weighted by Gasteiger charge is 2.19. The molecule has 0 aliphatic rings. The van der Waals surface area contributed by atoms with Gasteiger partial charge in [-0.25, -0.2) is 9.97 Å². The monoisotopic (exact) mass is 354 g/mol. The zero-order valence-electron chi connectivity index (χ0n) is 16.6. The second-order valence-electron chi connectivity index (χ2n) is 6.98. The summed E-state index contributed by atoms with van der Waals surface area (Å²) in [5.74, 6) is 0.560. The summed E-state index contributed by atoms with van der Waals surface area (Å²) in [6, 6.07) is 12.2. The quantitative estimate of drug-likeness (QED) is 0.717. The summed E-state index contributed by atoms with van der Waals surface area (Å²) < 4.78 is 0. The summed E-state index contributed by atoms with van der Waals surface area (Å²) in [7, 11) is 1.83. The largest absolute Gasteiger partial charge is 0.340 e. The van der Waals surface area contributed by atoms with Crippen LogP contribution in [0.25, 0.3) is 0 Å². The summed E-state index contributed by atoms with van der Waals surface area (Å²) in [6.45, 7) is 9.71. The van der Waals surface area contributed by atoms with Gasteiger partial charge in [0.15, 0.2) is 0 Å². The molecule has 0 saturated heterocycles. The third kappa shape index (κ3) is 5.28. The van der Waals surface area contributed by atoms with E-state index in [4.69, 9.17) is 0 Å². The molecular weight excluding hydrogens is 324 g/mol. The average Bonchev–Trinajstić information content (AvgIpc) is 2.63. The van der Waals surface area contributed by atoms with Crippen LogP contribution in [0.5, 0.6) is 0 Å². The van der Waals surface area contributed by atoms with Gasteiger partial charge < -0.3 is 9.80 Å². The summed E-state index contributed by atoms with van der Waals surface area (Å²) >= 11 is 0. The molecule has 0 radical (unpaired) electrons. The number of hydrogen-bond donors (Lipinski definition) is 0. The maximum atomic E-state index is 12.7. The van der Waals surface area contributed by atoms with E-state index in [2.05, 4.69) is 47.8 Å². The van der Waals surface area contributed by atoms with E-state index in [0.717, 1.165) is 25.1 Å². The minimum atomic E-state index is -0.0476. The number of anilines is 1. The fourth-order valence-electron chi connectivity index (χ4n) is 2.75. The zero-order chi connectivity index (χ0) is 19.1. The van der Waals surface area contributed by atoms with E-state index in [1.807, 2.05) is 32.2 Å². The smallest absolute Gasteiger partial charge is 0.272 e. The molecule has 0 bridgehead atoms. The van der Waals surface area contributed by atoms with Gasteiger partial charge in [-0.05, 0) is 38.8 Å². The number of hydrogen-bond acceptors (Lipinski definition) is 4. The van der Waals surface area contributed by atoms with Crippen LogP contribution in [0.15, 0.2) is 36.4 Å².